The van der Waals surface area contributed by atoms with Gasteiger partial charge in [-0.1, -0.05) is 18.2 Å². The second-order valence-electron chi connectivity index (χ2n) is 6.80. The highest BCUT2D eigenvalue weighted by Gasteiger charge is 2.22. The zero-order valence-corrected chi connectivity index (χ0v) is 16.2. The maximum Gasteiger partial charge on any atom is 0.272 e. The molecule has 7 heteroatoms. The second-order valence-corrected chi connectivity index (χ2v) is 6.80. The Kier molecular flexibility index (Phi) is 6.24. The van der Waals surface area contributed by atoms with E-state index >= 15 is 0 Å². The van der Waals surface area contributed by atoms with Gasteiger partial charge >= 0.3 is 0 Å². The van der Waals surface area contributed by atoms with E-state index in [1.807, 2.05) is 36.1 Å². The molecule has 1 aliphatic rings. The van der Waals surface area contributed by atoms with E-state index in [2.05, 4.69) is 27.2 Å². The molecule has 1 saturated heterocycles. The second kappa shape index (κ2) is 8.81. The van der Waals surface area contributed by atoms with E-state index < -0.39 is 0 Å². The number of hydrogen-bond acceptors (Lipinski definition) is 6. The van der Waals surface area contributed by atoms with E-state index in [4.69, 9.17) is 4.74 Å². The average molecular weight is 369 g/mol. The Morgan fingerprint density at radius 1 is 1.19 bits per heavy atom. The van der Waals surface area contributed by atoms with Crippen LogP contribution in [0, 0.1) is 6.92 Å². The number of rotatable bonds is 6. The summed E-state index contributed by atoms with van der Waals surface area (Å²) in [6, 6.07) is 9.70. The van der Waals surface area contributed by atoms with Gasteiger partial charge in [-0.25, -0.2) is 9.97 Å². The summed E-state index contributed by atoms with van der Waals surface area (Å²) in [7, 11) is 3.74. The van der Waals surface area contributed by atoms with Crippen molar-refractivity contribution in [2.75, 3.05) is 52.2 Å². The van der Waals surface area contributed by atoms with E-state index in [1.165, 1.54) is 0 Å². The summed E-state index contributed by atoms with van der Waals surface area (Å²) in [5, 5.41) is 3.23. The van der Waals surface area contributed by atoms with Crippen molar-refractivity contribution >= 4 is 11.9 Å². The lowest BCUT2D eigenvalue weighted by Gasteiger charge is -2.32. The van der Waals surface area contributed by atoms with Crippen LogP contribution in [0.4, 0.5) is 5.95 Å². The topological polar surface area (TPSA) is 70.6 Å². The van der Waals surface area contributed by atoms with Crippen LogP contribution in [-0.2, 0) is 6.42 Å². The van der Waals surface area contributed by atoms with Gasteiger partial charge in [0.05, 0.1) is 7.11 Å². The number of ether oxygens (including phenoxy) is 1. The smallest absolute Gasteiger partial charge is 0.272 e. The number of para-hydroxylation sites is 1. The van der Waals surface area contributed by atoms with Gasteiger partial charge in [0, 0.05) is 38.4 Å². The first-order valence-electron chi connectivity index (χ1n) is 9.26. The Balaban J connectivity index is 1.64. The highest BCUT2D eigenvalue weighted by Crippen LogP contribution is 2.18. The minimum atomic E-state index is -0.0265. The van der Waals surface area contributed by atoms with Crippen molar-refractivity contribution in [2.24, 2.45) is 0 Å². The predicted molar refractivity (Wildman–Crippen MR) is 105 cm³/mol. The number of aromatic nitrogens is 2. The zero-order chi connectivity index (χ0) is 19.2. The van der Waals surface area contributed by atoms with Gasteiger partial charge in [-0.15, -0.1) is 0 Å². The lowest BCUT2D eigenvalue weighted by molar-refractivity contribution is 0.0658. The zero-order valence-electron chi connectivity index (χ0n) is 16.2. The van der Waals surface area contributed by atoms with Gasteiger partial charge in [-0.2, -0.15) is 0 Å². The first kappa shape index (κ1) is 19.1. The molecule has 0 aliphatic carbocycles. The van der Waals surface area contributed by atoms with Crippen LogP contribution >= 0.6 is 0 Å². The quantitative estimate of drug-likeness (QED) is 0.838. The number of aryl methyl sites for hydroxylation is 1. The molecule has 7 nitrogen and oxygen atoms in total. The number of nitrogens with one attached hydrogen (secondary N) is 1. The fraction of sp³-hybridized carbons (Fsp3) is 0.450. The Morgan fingerprint density at radius 2 is 1.93 bits per heavy atom. The van der Waals surface area contributed by atoms with Crippen molar-refractivity contribution in [3.8, 4) is 5.75 Å². The molecule has 1 aromatic carbocycles. The fourth-order valence-electron chi connectivity index (χ4n) is 3.15. The van der Waals surface area contributed by atoms with E-state index in [1.54, 1.807) is 13.2 Å². The molecule has 2 aromatic rings. The van der Waals surface area contributed by atoms with E-state index in [9.17, 15) is 4.79 Å². The van der Waals surface area contributed by atoms with Crippen molar-refractivity contribution in [1.29, 1.82) is 0 Å². The number of hydrogen-bond donors (Lipinski definition) is 1. The summed E-state index contributed by atoms with van der Waals surface area (Å²) in [5.41, 5.74) is 2.35. The summed E-state index contributed by atoms with van der Waals surface area (Å²) < 4.78 is 5.38. The lowest BCUT2D eigenvalue weighted by atomic mass is 10.1. The molecule has 144 valence electrons. The van der Waals surface area contributed by atoms with Gasteiger partial charge < -0.3 is 19.9 Å². The third kappa shape index (κ3) is 4.95. The Hall–Kier alpha value is -2.67. The van der Waals surface area contributed by atoms with E-state index in [0.717, 1.165) is 49.6 Å². The molecular formula is C20H27N5O2. The van der Waals surface area contributed by atoms with Crippen LogP contribution in [0.25, 0.3) is 0 Å². The number of methoxy groups -OCH3 is 1. The molecule has 27 heavy (non-hydrogen) atoms. The van der Waals surface area contributed by atoms with Crippen molar-refractivity contribution in [1.82, 2.24) is 19.8 Å². The summed E-state index contributed by atoms with van der Waals surface area (Å²) in [5.74, 6) is 1.33. The van der Waals surface area contributed by atoms with Gasteiger partial charge in [0.15, 0.2) is 0 Å². The van der Waals surface area contributed by atoms with Crippen LogP contribution in [-0.4, -0.2) is 72.6 Å². The third-order valence-electron chi connectivity index (χ3n) is 4.73. The van der Waals surface area contributed by atoms with Crippen molar-refractivity contribution in [3.05, 3.63) is 47.3 Å². The van der Waals surface area contributed by atoms with Crippen LogP contribution in [0.1, 0.15) is 21.7 Å². The van der Waals surface area contributed by atoms with E-state index in [-0.39, 0.29) is 5.91 Å². The minimum Gasteiger partial charge on any atom is -0.496 e. The summed E-state index contributed by atoms with van der Waals surface area (Å²) in [4.78, 5) is 25.7. The van der Waals surface area contributed by atoms with Crippen LogP contribution in [0.2, 0.25) is 0 Å². The molecule has 2 heterocycles. The van der Waals surface area contributed by atoms with Gasteiger partial charge in [-0.3, -0.25) is 4.79 Å². The number of benzene rings is 1. The maximum absolute atomic E-state index is 12.8. The molecular weight excluding hydrogens is 342 g/mol. The average Bonchev–Trinajstić information content (AvgIpc) is 2.68. The molecule has 1 fully saturated rings. The van der Waals surface area contributed by atoms with E-state index in [0.29, 0.717) is 18.2 Å². The number of amides is 1. The van der Waals surface area contributed by atoms with Gasteiger partial charge in [0.2, 0.25) is 5.95 Å². The largest absolute Gasteiger partial charge is 0.496 e. The molecule has 0 radical (unpaired) electrons. The normalized spacial score (nSPS) is 14.9. The summed E-state index contributed by atoms with van der Waals surface area (Å²) in [6.07, 6.45) is 0.781. The number of anilines is 1. The molecule has 1 aromatic heterocycles. The lowest BCUT2D eigenvalue weighted by Crippen LogP contribution is -2.47. The highest BCUT2D eigenvalue weighted by atomic mass is 16.5. The number of carbonyl (C=O) groups excluding carboxylic acids is 1. The van der Waals surface area contributed by atoms with Gasteiger partial charge in [-0.05, 0) is 38.1 Å². The standard InChI is InChI=1S/C20H27N5O2/c1-15-14-17(19(26)25-12-10-24(2)11-13-25)23-20(22-15)21-9-8-16-6-4-5-7-18(16)27-3/h4-7,14H,8-13H2,1-3H3,(H,21,22,23). The molecule has 1 amide bonds. The fourth-order valence-corrected chi connectivity index (χ4v) is 3.15. The Bertz CT molecular complexity index is 788. The van der Waals surface area contributed by atoms with Crippen molar-refractivity contribution < 1.29 is 9.53 Å². The predicted octanol–water partition coefficient (Wildman–Crippen LogP) is 1.84. The van der Waals surface area contributed by atoms with Crippen molar-refractivity contribution in [2.45, 2.75) is 13.3 Å². The molecule has 0 unspecified atom stereocenters. The van der Waals surface area contributed by atoms with Crippen LogP contribution in [0.15, 0.2) is 30.3 Å². The van der Waals surface area contributed by atoms with Crippen LogP contribution in [0.5, 0.6) is 5.75 Å². The molecule has 0 atom stereocenters. The first-order chi connectivity index (χ1) is 13.1. The van der Waals surface area contributed by atoms with Gasteiger partial charge in [0.1, 0.15) is 11.4 Å². The highest BCUT2D eigenvalue weighted by molar-refractivity contribution is 5.92. The number of likely N-dealkylation sites (N-methyl/N-ethyl adjacent to an activating group) is 1. The van der Waals surface area contributed by atoms with Crippen LogP contribution < -0.4 is 10.1 Å². The molecule has 0 saturated carbocycles. The number of nitrogens with zero attached hydrogens (tertiary/aromatic N) is 4. The van der Waals surface area contributed by atoms with Crippen LogP contribution in [0.3, 0.4) is 0 Å². The maximum atomic E-state index is 12.8. The van der Waals surface area contributed by atoms with Crippen molar-refractivity contribution in [3.63, 3.8) is 0 Å². The Labute approximate surface area is 160 Å². The molecule has 1 N–H and O–H groups in total. The molecule has 1 aliphatic heterocycles. The first-order valence-corrected chi connectivity index (χ1v) is 9.26. The monoisotopic (exact) mass is 369 g/mol. The third-order valence-corrected chi connectivity index (χ3v) is 4.73. The SMILES string of the molecule is COc1ccccc1CCNc1nc(C)cc(C(=O)N2CCN(C)CC2)n1. The summed E-state index contributed by atoms with van der Waals surface area (Å²) >= 11 is 0. The molecule has 0 bridgehead atoms. The Morgan fingerprint density at radius 3 is 2.67 bits per heavy atom. The summed E-state index contributed by atoms with van der Waals surface area (Å²) in [6.45, 7) is 5.78. The number of carbonyl (C=O) groups is 1. The molecule has 3 rings (SSSR count). The molecule has 0 spiro atoms. The number of piperazine rings is 1. The minimum absolute atomic E-state index is 0.0265. The van der Waals surface area contributed by atoms with Gasteiger partial charge in [0.25, 0.3) is 5.91 Å².